The first-order chi connectivity index (χ1) is 10.9. The topological polar surface area (TPSA) is 54.3 Å². The highest BCUT2D eigenvalue weighted by atomic mass is 16.5. The van der Waals surface area contributed by atoms with Crippen LogP contribution in [0.1, 0.15) is 46.1 Å². The van der Waals surface area contributed by atoms with Crippen molar-refractivity contribution < 1.29 is 9.47 Å². The van der Waals surface area contributed by atoms with Gasteiger partial charge in [0, 0.05) is 6.04 Å². The van der Waals surface area contributed by atoms with Gasteiger partial charge in [-0.25, -0.2) is 0 Å². The number of nitrogens with one attached hydrogen (secondary N) is 1. The Morgan fingerprint density at radius 1 is 1.13 bits per heavy atom. The third-order valence-electron chi connectivity index (χ3n) is 4.38. The molecule has 1 N–H and O–H groups in total. The minimum Gasteiger partial charge on any atom is -0.493 e. The summed E-state index contributed by atoms with van der Waals surface area (Å²) in [6.45, 7) is 9.40. The lowest BCUT2D eigenvalue weighted by Gasteiger charge is -2.32. The van der Waals surface area contributed by atoms with Crippen molar-refractivity contribution in [3.8, 4) is 17.6 Å². The zero-order valence-corrected chi connectivity index (χ0v) is 15.3. The highest BCUT2D eigenvalue weighted by molar-refractivity contribution is 5.47. The largest absolute Gasteiger partial charge is 0.493 e. The summed E-state index contributed by atoms with van der Waals surface area (Å²) in [4.78, 5) is 0. The monoisotopic (exact) mass is 318 g/mol. The summed E-state index contributed by atoms with van der Waals surface area (Å²) in [7, 11) is 3.24. The molecule has 1 aromatic rings. The van der Waals surface area contributed by atoms with Crippen molar-refractivity contribution in [2.75, 3.05) is 20.8 Å². The summed E-state index contributed by atoms with van der Waals surface area (Å²) >= 11 is 0. The first kappa shape index (κ1) is 19.3. The molecule has 4 nitrogen and oxygen atoms in total. The number of methoxy groups -OCH3 is 2. The van der Waals surface area contributed by atoms with E-state index in [0.29, 0.717) is 17.5 Å². The number of hydrogen-bond acceptors (Lipinski definition) is 4. The maximum absolute atomic E-state index is 9.96. The summed E-state index contributed by atoms with van der Waals surface area (Å²) in [5.41, 5.74) is 0.482. The van der Waals surface area contributed by atoms with Crippen LogP contribution >= 0.6 is 0 Å². The average molecular weight is 318 g/mol. The molecule has 1 unspecified atom stereocenters. The molecule has 0 amide bonds. The summed E-state index contributed by atoms with van der Waals surface area (Å²) in [6, 6.07) is 8.86. The van der Waals surface area contributed by atoms with E-state index in [2.05, 4.69) is 39.1 Å². The first-order valence-electron chi connectivity index (χ1n) is 8.28. The normalized spacial score (nSPS) is 13.7. The van der Waals surface area contributed by atoms with Crippen LogP contribution < -0.4 is 14.8 Å². The number of rotatable bonds is 9. The molecule has 0 heterocycles. The third-order valence-corrected chi connectivity index (χ3v) is 4.38. The fourth-order valence-electron chi connectivity index (χ4n) is 2.89. The minimum absolute atomic E-state index is 0.213. The summed E-state index contributed by atoms with van der Waals surface area (Å²) in [5.74, 6) is 1.57. The second-order valence-electron chi connectivity index (χ2n) is 6.52. The van der Waals surface area contributed by atoms with Crippen molar-refractivity contribution in [3.63, 3.8) is 0 Å². The minimum atomic E-state index is -0.516. The predicted molar refractivity (Wildman–Crippen MR) is 94.0 cm³/mol. The second kappa shape index (κ2) is 8.79. The van der Waals surface area contributed by atoms with Crippen LogP contribution in [0.3, 0.4) is 0 Å². The van der Waals surface area contributed by atoms with E-state index in [1.807, 2.05) is 18.2 Å². The van der Waals surface area contributed by atoms with Gasteiger partial charge in [0.05, 0.1) is 25.7 Å². The van der Waals surface area contributed by atoms with E-state index in [4.69, 9.17) is 9.47 Å². The van der Waals surface area contributed by atoms with Crippen LogP contribution in [0.15, 0.2) is 18.2 Å². The lowest BCUT2D eigenvalue weighted by molar-refractivity contribution is 0.340. The molecule has 0 radical (unpaired) electrons. The van der Waals surface area contributed by atoms with Crippen molar-refractivity contribution in [1.29, 1.82) is 5.26 Å². The van der Waals surface area contributed by atoms with Gasteiger partial charge in [-0.1, -0.05) is 33.8 Å². The van der Waals surface area contributed by atoms with Gasteiger partial charge < -0.3 is 14.8 Å². The molecule has 0 aliphatic rings. The van der Waals surface area contributed by atoms with E-state index >= 15 is 0 Å². The zero-order valence-electron chi connectivity index (χ0n) is 15.3. The van der Waals surface area contributed by atoms with E-state index in [-0.39, 0.29) is 5.92 Å². The molecule has 0 fully saturated rings. The fourth-order valence-corrected chi connectivity index (χ4v) is 2.89. The van der Waals surface area contributed by atoms with E-state index in [0.717, 1.165) is 24.9 Å². The third kappa shape index (κ3) is 4.62. The molecule has 0 aliphatic carbocycles. The van der Waals surface area contributed by atoms with Crippen molar-refractivity contribution in [2.24, 2.45) is 5.92 Å². The molecule has 0 spiro atoms. The molecule has 0 saturated carbocycles. The van der Waals surface area contributed by atoms with Crippen LogP contribution in [-0.4, -0.2) is 26.8 Å². The number of ether oxygens (including phenoxy) is 2. The Kier molecular flexibility index (Phi) is 7.38. The van der Waals surface area contributed by atoms with Gasteiger partial charge >= 0.3 is 0 Å². The SMILES string of the molecule is COc1ccc(C(C#N)(CCCNC(C)C)C(C)C)cc1OC. The van der Waals surface area contributed by atoms with E-state index in [1.165, 1.54) is 0 Å². The zero-order chi connectivity index (χ0) is 17.5. The van der Waals surface area contributed by atoms with E-state index in [9.17, 15) is 5.26 Å². The van der Waals surface area contributed by atoms with Gasteiger partial charge in [-0.05, 0) is 43.0 Å². The maximum atomic E-state index is 9.96. The van der Waals surface area contributed by atoms with Gasteiger partial charge in [-0.15, -0.1) is 0 Å². The molecule has 0 saturated heterocycles. The van der Waals surface area contributed by atoms with Crippen LogP contribution in [0, 0.1) is 17.2 Å². The number of nitrogens with zero attached hydrogens (tertiary/aromatic N) is 1. The molecule has 1 rings (SSSR count). The first-order valence-corrected chi connectivity index (χ1v) is 8.28. The van der Waals surface area contributed by atoms with Crippen LogP contribution in [0.4, 0.5) is 0 Å². The van der Waals surface area contributed by atoms with E-state index < -0.39 is 5.41 Å². The summed E-state index contributed by atoms with van der Waals surface area (Å²) in [6.07, 6.45) is 1.77. The highest BCUT2D eigenvalue weighted by Crippen LogP contribution is 2.40. The summed E-state index contributed by atoms with van der Waals surface area (Å²) < 4.78 is 10.7. The second-order valence-corrected chi connectivity index (χ2v) is 6.52. The molecule has 1 atom stereocenters. The Hall–Kier alpha value is -1.73. The van der Waals surface area contributed by atoms with Crippen molar-refractivity contribution in [2.45, 2.75) is 52.0 Å². The highest BCUT2D eigenvalue weighted by Gasteiger charge is 2.36. The van der Waals surface area contributed by atoms with Gasteiger partial charge in [-0.3, -0.25) is 0 Å². The van der Waals surface area contributed by atoms with Gasteiger partial charge in [0.1, 0.15) is 0 Å². The summed E-state index contributed by atoms with van der Waals surface area (Å²) in [5, 5.41) is 13.4. The molecule has 23 heavy (non-hydrogen) atoms. The predicted octanol–water partition coefficient (Wildman–Crippen LogP) is 3.90. The van der Waals surface area contributed by atoms with E-state index in [1.54, 1.807) is 14.2 Å². The van der Waals surface area contributed by atoms with Crippen LogP contribution in [-0.2, 0) is 5.41 Å². The Labute approximate surface area is 140 Å². The molecule has 0 aliphatic heterocycles. The Bertz CT molecular complexity index is 535. The average Bonchev–Trinajstić information content (AvgIpc) is 2.54. The van der Waals surface area contributed by atoms with Crippen molar-refractivity contribution in [1.82, 2.24) is 5.32 Å². The van der Waals surface area contributed by atoms with Crippen molar-refractivity contribution in [3.05, 3.63) is 23.8 Å². The Morgan fingerprint density at radius 3 is 2.26 bits per heavy atom. The van der Waals surface area contributed by atoms with Crippen LogP contribution in [0.25, 0.3) is 0 Å². The van der Waals surface area contributed by atoms with Gasteiger partial charge in [-0.2, -0.15) is 5.26 Å². The Balaban J connectivity index is 3.08. The molecule has 128 valence electrons. The molecule has 0 bridgehead atoms. The molecule has 4 heteroatoms. The van der Waals surface area contributed by atoms with Crippen LogP contribution in [0.2, 0.25) is 0 Å². The van der Waals surface area contributed by atoms with Gasteiger partial charge in [0.2, 0.25) is 0 Å². The lowest BCUT2D eigenvalue weighted by Crippen LogP contribution is -2.33. The molecule has 1 aromatic carbocycles. The number of hydrogen-bond donors (Lipinski definition) is 1. The smallest absolute Gasteiger partial charge is 0.161 e. The fraction of sp³-hybridized carbons (Fsp3) is 0.632. The van der Waals surface area contributed by atoms with Crippen molar-refractivity contribution >= 4 is 0 Å². The molecule has 0 aromatic heterocycles. The standard InChI is InChI=1S/C19H30N2O2/c1-14(2)19(13-20,10-7-11-21-15(3)4)16-8-9-17(22-5)18(12-16)23-6/h8-9,12,14-15,21H,7,10-11H2,1-6H3. The van der Waals surface area contributed by atoms with Gasteiger partial charge in [0.25, 0.3) is 0 Å². The number of nitriles is 1. The van der Waals surface area contributed by atoms with Gasteiger partial charge in [0.15, 0.2) is 11.5 Å². The number of benzene rings is 1. The Morgan fingerprint density at radius 2 is 1.78 bits per heavy atom. The lowest BCUT2D eigenvalue weighted by atomic mass is 9.69. The maximum Gasteiger partial charge on any atom is 0.161 e. The molecular weight excluding hydrogens is 288 g/mol. The van der Waals surface area contributed by atoms with Crippen LogP contribution in [0.5, 0.6) is 11.5 Å². The quantitative estimate of drug-likeness (QED) is 0.702. The molecular formula is C19H30N2O2.